The van der Waals surface area contributed by atoms with Crippen LogP contribution in [0.5, 0.6) is 0 Å². The lowest BCUT2D eigenvalue weighted by atomic mass is 9.69. The van der Waals surface area contributed by atoms with Crippen molar-refractivity contribution in [1.29, 1.82) is 0 Å². The number of aliphatic imine (C=N–C) groups is 1. The average molecular weight is 308 g/mol. The number of benzene rings is 1. The van der Waals surface area contributed by atoms with Crippen molar-refractivity contribution in [2.75, 3.05) is 6.54 Å². The van der Waals surface area contributed by atoms with E-state index in [0.29, 0.717) is 13.1 Å². The van der Waals surface area contributed by atoms with Crippen LogP contribution in [-0.2, 0) is 16.1 Å². The predicted octanol–water partition coefficient (Wildman–Crippen LogP) is 1.36. The molecule has 2 heterocycles. The Labute approximate surface area is 136 Å². The highest BCUT2D eigenvalue weighted by Crippen LogP contribution is 2.21. The van der Waals surface area contributed by atoms with Crippen molar-refractivity contribution in [1.82, 2.24) is 10.2 Å². The summed E-state index contributed by atoms with van der Waals surface area (Å²) < 4.78 is 0. The minimum absolute atomic E-state index is 0.0743. The van der Waals surface area contributed by atoms with Gasteiger partial charge in [-0.05, 0) is 37.0 Å². The predicted molar refractivity (Wildman–Crippen MR) is 90.9 cm³/mol. The fourth-order valence-corrected chi connectivity index (χ4v) is 3.02. The summed E-state index contributed by atoms with van der Waals surface area (Å²) in [5, 5.41) is 2.92. The highest BCUT2D eigenvalue weighted by molar-refractivity contribution is 6.85. The maximum atomic E-state index is 12.2. The molecule has 3 rings (SSSR count). The molecular formula is C17H19BN3O2. The summed E-state index contributed by atoms with van der Waals surface area (Å²) in [6.45, 7) is 3.13. The van der Waals surface area contributed by atoms with Crippen LogP contribution in [0.1, 0.15) is 30.9 Å². The number of nitrogens with zero attached hydrogens (tertiary/aromatic N) is 2. The van der Waals surface area contributed by atoms with Gasteiger partial charge in [-0.15, -0.1) is 0 Å². The third kappa shape index (κ3) is 3.36. The number of nitrogens with one attached hydrogen (secondary N) is 1. The molecule has 6 heteroatoms. The number of rotatable bonds is 5. The van der Waals surface area contributed by atoms with E-state index < -0.39 is 0 Å². The topological polar surface area (TPSA) is 61.8 Å². The van der Waals surface area contributed by atoms with Gasteiger partial charge in [0, 0.05) is 18.8 Å². The summed E-state index contributed by atoms with van der Waals surface area (Å²) in [6.07, 6.45) is 4.20. The summed E-state index contributed by atoms with van der Waals surface area (Å²) >= 11 is 0. The van der Waals surface area contributed by atoms with E-state index in [1.54, 1.807) is 11.0 Å². The van der Waals surface area contributed by atoms with E-state index in [4.69, 9.17) is 0 Å². The third-order valence-corrected chi connectivity index (χ3v) is 4.36. The van der Waals surface area contributed by atoms with Crippen LogP contribution in [0, 0.1) is 0 Å². The average Bonchev–Trinajstić information content (AvgIpc) is 3.21. The quantitative estimate of drug-likeness (QED) is 0.659. The molecule has 0 aliphatic carbocycles. The van der Waals surface area contributed by atoms with E-state index in [1.807, 2.05) is 38.5 Å². The Kier molecular flexibility index (Phi) is 4.60. The molecule has 0 saturated carbocycles. The molecule has 2 aliphatic heterocycles. The van der Waals surface area contributed by atoms with Gasteiger partial charge >= 0.3 is 0 Å². The molecule has 0 bridgehead atoms. The van der Waals surface area contributed by atoms with E-state index in [2.05, 4.69) is 10.3 Å². The van der Waals surface area contributed by atoms with Crippen molar-refractivity contribution < 1.29 is 9.59 Å². The van der Waals surface area contributed by atoms with Crippen LogP contribution < -0.4 is 5.32 Å². The zero-order valence-corrected chi connectivity index (χ0v) is 13.2. The van der Waals surface area contributed by atoms with Gasteiger partial charge in [0.1, 0.15) is 6.04 Å². The number of carbonyl (C=O) groups is 2. The summed E-state index contributed by atoms with van der Waals surface area (Å²) in [4.78, 5) is 28.9. The van der Waals surface area contributed by atoms with Crippen molar-refractivity contribution in [3.05, 3.63) is 41.1 Å². The van der Waals surface area contributed by atoms with Crippen LogP contribution >= 0.6 is 0 Å². The molecule has 0 aromatic heterocycles. The van der Waals surface area contributed by atoms with Gasteiger partial charge in [0.2, 0.25) is 19.6 Å². The van der Waals surface area contributed by atoms with Crippen LogP contribution in [0.25, 0.3) is 5.47 Å². The van der Waals surface area contributed by atoms with Crippen LogP contribution in [0.3, 0.4) is 0 Å². The first-order valence-electron chi connectivity index (χ1n) is 7.85. The van der Waals surface area contributed by atoms with E-state index in [-0.39, 0.29) is 11.9 Å². The molecule has 23 heavy (non-hydrogen) atoms. The Balaban J connectivity index is 1.58. The van der Waals surface area contributed by atoms with Gasteiger partial charge in [-0.2, -0.15) is 0 Å². The Hall–Kier alpha value is -2.37. The normalized spacial score (nSPS) is 19.9. The Bertz CT molecular complexity index is 667. The fraction of sp³-hybridized carbons (Fsp3) is 0.353. The fourth-order valence-electron chi connectivity index (χ4n) is 3.02. The molecule has 1 radical (unpaired) electrons. The summed E-state index contributed by atoms with van der Waals surface area (Å²) in [5.41, 5.74) is 4.31. The van der Waals surface area contributed by atoms with E-state index >= 15 is 0 Å². The first kappa shape index (κ1) is 15.5. The second-order valence-corrected chi connectivity index (χ2v) is 5.86. The highest BCUT2D eigenvalue weighted by Gasteiger charge is 2.29. The maximum Gasteiger partial charge on any atom is 0.243 e. The van der Waals surface area contributed by atoms with Crippen LogP contribution in [-0.4, -0.2) is 43.2 Å². The minimum Gasteiger partial charge on any atom is -0.350 e. The molecule has 5 nitrogen and oxygen atoms in total. The lowest BCUT2D eigenvalue weighted by Crippen LogP contribution is -2.42. The van der Waals surface area contributed by atoms with Gasteiger partial charge < -0.3 is 10.2 Å². The molecule has 1 fully saturated rings. The first-order chi connectivity index (χ1) is 11.2. The number of allylic oxidation sites excluding steroid dienone is 1. The number of hydrogen-bond acceptors (Lipinski definition) is 3. The lowest BCUT2D eigenvalue weighted by Gasteiger charge is -2.19. The van der Waals surface area contributed by atoms with Crippen molar-refractivity contribution in [3.8, 4) is 0 Å². The number of amides is 2. The van der Waals surface area contributed by atoms with Gasteiger partial charge in [-0.1, -0.05) is 29.7 Å². The molecule has 1 unspecified atom stereocenters. The zero-order valence-electron chi connectivity index (χ0n) is 13.2. The van der Waals surface area contributed by atoms with E-state index in [1.165, 1.54) is 0 Å². The molecule has 1 aromatic carbocycles. The van der Waals surface area contributed by atoms with Crippen molar-refractivity contribution in [2.24, 2.45) is 4.99 Å². The molecule has 2 aliphatic rings. The number of likely N-dealkylation sites (tertiary alicyclic amines) is 1. The Morgan fingerprint density at radius 3 is 2.87 bits per heavy atom. The summed E-state index contributed by atoms with van der Waals surface area (Å²) in [5.74, 6) is -0.0743. The SMILES string of the molecule is CC1=C(c2ccc(CNC(=O)C3CCCN3C=O)cc2)[B]C=N1. The van der Waals surface area contributed by atoms with Crippen LogP contribution in [0.2, 0.25) is 0 Å². The van der Waals surface area contributed by atoms with Gasteiger partial charge in [0.15, 0.2) is 0 Å². The van der Waals surface area contributed by atoms with Gasteiger partial charge in [0.05, 0.1) is 0 Å². The van der Waals surface area contributed by atoms with Gasteiger partial charge in [-0.3, -0.25) is 14.6 Å². The summed E-state index contributed by atoms with van der Waals surface area (Å²) in [6, 6.07) is 7.78. The maximum absolute atomic E-state index is 12.2. The monoisotopic (exact) mass is 308 g/mol. The van der Waals surface area contributed by atoms with Crippen LogP contribution in [0.4, 0.5) is 0 Å². The van der Waals surface area contributed by atoms with Crippen molar-refractivity contribution in [3.63, 3.8) is 0 Å². The molecule has 1 saturated heterocycles. The van der Waals surface area contributed by atoms with Crippen molar-refractivity contribution >= 4 is 31.2 Å². The minimum atomic E-state index is -0.315. The number of carbonyl (C=O) groups excluding carboxylic acids is 2. The third-order valence-electron chi connectivity index (χ3n) is 4.36. The summed E-state index contributed by atoms with van der Waals surface area (Å²) in [7, 11) is 2.00. The molecule has 0 spiro atoms. The second kappa shape index (κ2) is 6.81. The Morgan fingerprint density at radius 1 is 1.43 bits per heavy atom. The molecule has 117 valence electrons. The van der Waals surface area contributed by atoms with Crippen molar-refractivity contribution in [2.45, 2.75) is 32.4 Å². The van der Waals surface area contributed by atoms with Gasteiger partial charge in [0.25, 0.3) is 0 Å². The molecule has 1 N–H and O–H groups in total. The van der Waals surface area contributed by atoms with Gasteiger partial charge in [-0.25, -0.2) is 0 Å². The zero-order chi connectivity index (χ0) is 16.2. The molecule has 2 amide bonds. The largest absolute Gasteiger partial charge is 0.350 e. The standard InChI is InChI=1S/C17H19BN3O2/c1-12-16(18-10-20-12)14-6-4-13(5-7-14)9-19-17(23)15-3-2-8-21(15)11-22/h4-7,10-11,15H,2-3,8-9H2,1H3,(H,19,23). The lowest BCUT2D eigenvalue weighted by molar-refractivity contribution is -0.131. The van der Waals surface area contributed by atoms with E-state index in [9.17, 15) is 9.59 Å². The highest BCUT2D eigenvalue weighted by atomic mass is 16.2. The molecule has 1 aromatic rings. The Morgan fingerprint density at radius 2 is 2.22 bits per heavy atom. The second-order valence-electron chi connectivity index (χ2n) is 5.86. The molecular weight excluding hydrogens is 289 g/mol. The number of hydrogen-bond donors (Lipinski definition) is 1. The van der Waals surface area contributed by atoms with E-state index in [0.717, 1.165) is 41.5 Å². The first-order valence-corrected chi connectivity index (χ1v) is 7.85. The van der Waals surface area contributed by atoms with Crippen LogP contribution in [0.15, 0.2) is 35.0 Å². The smallest absolute Gasteiger partial charge is 0.243 e. The molecule has 1 atom stereocenters.